The number of nitrogens with one attached hydrogen (secondary N) is 1. The number of aryl methyl sites for hydroxylation is 1. The van der Waals surface area contributed by atoms with E-state index in [1.165, 1.54) is 42.9 Å². The lowest BCUT2D eigenvalue weighted by molar-refractivity contribution is -0.156. The normalized spacial score (nSPS) is 14.1. The van der Waals surface area contributed by atoms with Gasteiger partial charge in [-0.1, -0.05) is 24.3 Å². The lowest BCUT2D eigenvalue weighted by Crippen LogP contribution is -2.31. The highest BCUT2D eigenvalue weighted by Crippen LogP contribution is 2.34. The van der Waals surface area contributed by atoms with Gasteiger partial charge in [0.15, 0.2) is 5.69 Å². The van der Waals surface area contributed by atoms with E-state index in [1.807, 2.05) is 0 Å². The molecular formula is C14H13F6N3. The smallest absolute Gasteiger partial charge is 0.333 e. The second-order valence-electron chi connectivity index (χ2n) is 4.94. The first-order valence-corrected chi connectivity index (χ1v) is 6.49. The minimum absolute atomic E-state index is 0.0249. The van der Waals surface area contributed by atoms with Gasteiger partial charge in [-0.05, 0) is 12.6 Å². The predicted octanol–water partition coefficient (Wildman–Crippen LogP) is 3.93. The number of imidazole rings is 1. The van der Waals surface area contributed by atoms with Crippen molar-refractivity contribution in [3.63, 3.8) is 0 Å². The first-order valence-electron chi connectivity index (χ1n) is 6.49. The summed E-state index contributed by atoms with van der Waals surface area (Å²) in [6, 6.07) is 3.21. The Morgan fingerprint density at radius 2 is 1.61 bits per heavy atom. The van der Waals surface area contributed by atoms with Crippen molar-refractivity contribution >= 4 is 0 Å². The van der Waals surface area contributed by atoms with Crippen LogP contribution in [0.4, 0.5) is 26.3 Å². The molecular weight excluding hydrogens is 324 g/mol. The van der Waals surface area contributed by atoms with Gasteiger partial charge in [0.2, 0.25) is 0 Å². The molecule has 9 heteroatoms. The van der Waals surface area contributed by atoms with Gasteiger partial charge in [-0.15, -0.1) is 0 Å². The molecule has 1 atom stereocenters. The summed E-state index contributed by atoms with van der Waals surface area (Å²) >= 11 is 0. The van der Waals surface area contributed by atoms with Crippen LogP contribution in [0.15, 0.2) is 30.5 Å². The largest absolute Gasteiger partial charge is 0.434 e. The van der Waals surface area contributed by atoms with Gasteiger partial charge in [0.1, 0.15) is 11.9 Å². The van der Waals surface area contributed by atoms with Crippen LogP contribution < -0.4 is 5.32 Å². The van der Waals surface area contributed by atoms with Gasteiger partial charge in [-0.2, -0.15) is 26.3 Å². The average molecular weight is 337 g/mol. The van der Waals surface area contributed by atoms with Crippen molar-refractivity contribution in [2.24, 2.45) is 7.05 Å². The molecule has 0 unspecified atom stereocenters. The summed E-state index contributed by atoms with van der Waals surface area (Å²) in [6.45, 7) is 0. The highest BCUT2D eigenvalue weighted by atomic mass is 19.4. The summed E-state index contributed by atoms with van der Waals surface area (Å²) < 4.78 is 77.6. The molecule has 1 aromatic carbocycles. The van der Waals surface area contributed by atoms with Gasteiger partial charge in [-0.3, -0.25) is 0 Å². The Hall–Kier alpha value is -2.03. The molecule has 2 aromatic rings. The topological polar surface area (TPSA) is 29.9 Å². The van der Waals surface area contributed by atoms with Crippen molar-refractivity contribution in [2.45, 2.75) is 18.4 Å². The van der Waals surface area contributed by atoms with E-state index in [0.29, 0.717) is 5.56 Å². The van der Waals surface area contributed by atoms with E-state index < -0.39 is 24.1 Å². The number of nitrogens with zero attached hydrogens (tertiary/aromatic N) is 2. The van der Waals surface area contributed by atoms with Crippen molar-refractivity contribution in [3.8, 4) is 11.4 Å². The van der Waals surface area contributed by atoms with Crippen LogP contribution in [-0.2, 0) is 13.2 Å². The first kappa shape index (κ1) is 17.3. The Balaban J connectivity index is 2.35. The molecule has 0 spiro atoms. The minimum atomic E-state index is -4.58. The number of alkyl halides is 6. The summed E-state index contributed by atoms with van der Waals surface area (Å²) in [5, 5.41) is 2.16. The summed E-state index contributed by atoms with van der Waals surface area (Å²) in [5.74, 6) is 0.0249. The van der Waals surface area contributed by atoms with Gasteiger partial charge in [-0.25, -0.2) is 4.98 Å². The van der Waals surface area contributed by atoms with E-state index in [0.717, 1.165) is 6.20 Å². The number of aromatic nitrogens is 2. The van der Waals surface area contributed by atoms with E-state index in [9.17, 15) is 26.3 Å². The fraction of sp³-hybridized carbons (Fsp3) is 0.357. The summed E-state index contributed by atoms with van der Waals surface area (Å²) in [4.78, 5) is 3.49. The third-order valence-corrected chi connectivity index (χ3v) is 3.29. The monoisotopic (exact) mass is 337 g/mol. The Morgan fingerprint density at radius 1 is 1.04 bits per heavy atom. The lowest BCUT2D eigenvalue weighted by atomic mass is 10.0. The van der Waals surface area contributed by atoms with E-state index in [-0.39, 0.29) is 11.4 Å². The Labute approximate surface area is 127 Å². The van der Waals surface area contributed by atoms with Gasteiger partial charge < -0.3 is 9.88 Å². The molecule has 0 radical (unpaired) electrons. The molecule has 126 valence electrons. The summed E-state index contributed by atoms with van der Waals surface area (Å²) in [6.07, 6.45) is -8.22. The van der Waals surface area contributed by atoms with Crippen LogP contribution in [-0.4, -0.2) is 22.8 Å². The first-order chi connectivity index (χ1) is 10.5. The molecule has 23 heavy (non-hydrogen) atoms. The molecule has 0 aliphatic rings. The maximum absolute atomic E-state index is 12.8. The van der Waals surface area contributed by atoms with Gasteiger partial charge in [0.05, 0.1) is 0 Å². The van der Waals surface area contributed by atoms with Crippen LogP contribution >= 0.6 is 0 Å². The second-order valence-corrected chi connectivity index (χ2v) is 4.94. The number of halogens is 6. The van der Waals surface area contributed by atoms with Crippen LogP contribution in [0.5, 0.6) is 0 Å². The highest BCUT2D eigenvalue weighted by Gasteiger charge is 2.39. The third kappa shape index (κ3) is 3.66. The molecule has 0 fully saturated rings. The fourth-order valence-electron chi connectivity index (χ4n) is 2.22. The van der Waals surface area contributed by atoms with E-state index in [2.05, 4.69) is 10.3 Å². The molecule has 1 heterocycles. The lowest BCUT2D eigenvalue weighted by Gasteiger charge is -2.20. The van der Waals surface area contributed by atoms with Crippen LogP contribution in [0, 0.1) is 0 Å². The molecule has 0 aliphatic heterocycles. The van der Waals surface area contributed by atoms with Crippen LogP contribution in [0.25, 0.3) is 11.4 Å². The molecule has 1 aromatic heterocycles. The molecule has 1 N–H and O–H groups in total. The van der Waals surface area contributed by atoms with E-state index in [4.69, 9.17) is 0 Å². The van der Waals surface area contributed by atoms with Crippen molar-refractivity contribution in [1.82, 2.24) is 14.9 Å². The van der Waals surface area contributed by atoms with Gasteiger partial charge in [0, 0.05) is 18.8 Å². The second kappa shape index (κ2) is 5.88. The zero-order chi connectivity index (χ0) is 17.4. The van der Waals surface area contributed by atoms with E-state index in [1.54, 1.807) is 0 Å². The van der Waals surface area contributed by atoms with Gasteiger partial charge in [0.25, 0.3) is 0 Å². The third-order valence-electron chi connectivity index (χ3n) is 3.29. The molecule has 0 bridgehead atoms. The number of hydrogen-bond donors (Lipinski definition) is 1. The molecule has 0 amide bonds. The minimum Gasteiger partial charge on any atom is -0.333 e. The zero-order valence-electron chi connectivity index (χ0n) is 12.1. The molecule has 2 rings (SSSR count). The zero-order valence-corrected chi connectivity index (χ0v) is 12.1. The van der Waals surface area contributed by atoms with E-state index >= 15 is 0 Å². The van der Waals surface area contributed by atoms with Crippen LogP contribution in [0.2, 0.25) is 0 Å². The molecule has 3 nitrogen and oxygen atoms in total. The number of hydrogen-bond acceptors (Lipinski definition) is 2. The molecule has 0 aliphatic carbocycles. The predicted molar refractivity (Wildman–Crippen MR) is 71.5 cm³/mol. The van der Waals surface area contributed by atoms with Crippen molar-refractivity contribution in [2.75, 3.05) is 7.05 Å². The summed E-state index contributed by atoms with van der Waals surface area (Å²) in [7, 11) is 2.57. The average Bonchev–Trinajstić information content (AvgIpc) is 2.81. The molecule has 0 saturated carbocycles. The standard InChI is InChI=1S/C14H13F6N3/c1-21-11(14(18,19)20)8-3-5-9(6-4-8)12-22-10(7-23(12)2)13(15,16)17/h3-7,11,21H,1-2H3/t11-/m0/s1. The highest BCUT2D eigenvalue weighted by molar-refractivity contribution is 5.57. The van der Waals surface area contributed by atoms with Gasteiger partial charge >= 0.3 is 12.4 Å². The number of rotatable bonds is 3. The maximum atomic E-state index is 12.8. The summed E-state index contributed by atoms with van der Waals surface area (Å²) in [5.41, 5.74) is -0.791. The van der Waals surface area contributed by atoms with Crippen molar-refractivity contribution < 1.29 is 26.3 Å². The molecule has 0 saturated heterocycles. The van der Waals surface area contributed by atoms with Crippen molar-refractivity contribution in [1.29, 1.82) is 0 Å². The van der Waals surface area contributed by atoms with Crippen molar-refractivity contribution in [3.05, 3.63) is 41.7 Å². The Kier molecular flexibility index (Phi) is 4.43. The Bertz CT molecular complexity index is 669. The van der Waals surface area contributed by atoms with Crippen LogP contribution in [0.1, 0.15) is 17.3 Å². The Morgan fingerprint density at radius 3 is 2.00 bits per heavy atom. The number of benzene rings is 1. The van der Waals surface area contributed by atoms with Crippen LogP contribution in [0.3, 0.4) is 0 Å². The quantitative estimate of drug-likeness (QED) is 0.860. The fourth-order valence-corrected chi connectivity index (χ4v) is 2.22. The SMILES string of the molecule is CN[C@@H](c1ccc(-c2nc(C(F)(F)F)cn2C)cc1)C(F)(F)F. The maximum Gasteiger partial charge on any atom is 0.434 e.